The fourth-order valence-corrected chi connectivity index (χ4v) is 7.10. The Kier molecular flexibility index (Phi) is 13.4. The van der Waals surface area contributed by atoms with E-state index in [4.69, 9.17) is 11.5 Å². The van der Waals surface area contributed by atoms with E-state index in [-0.39, 0.29) is 17.7 Å². The van der Waals surface area contributed by atoms with E-state index in [2.05, 4.69) is 38.1 Å². The van der Waals surface area contributed by atoms with Crippen molar-refractivity contribution in [1.29, 1.82) is 0 Å². The molecule has 1 unspecified atom stereocenters. The van der Waals surface area contributed by atoms with E-state index in [9.17, 15) is 24.3 Å². The molecule has 2 aliphatic rings. The van der Waals surface area contributed by atoms with Crippen LogP contribution in [0.1, 0.15) is 67.6 Å². The molecule has 2 aliphatic heterocycles. The van der Waals surface area contributed by atoms with Crippen molar-refractivity contribution >= 4 is 45.4 Å². The molecule has 3 heterocycles. The van der Waals surface area contributed by atoms with Crippen LogP contribution in [0.2, 0.25) is 0 Å². The average Bonchev–Trinajstić information content (AvgIpc) is 3.11. The number of primary amides is 1. The third-order valence-corrected chi connectivity index (χ3v) is 10.3. The first-order valence-corrected chi connectivity index (χ1v) is 17.7. The van der Waals surface area contributed by atoms with E-state index < -0.39 is 30.1 Å². The van der Waals surface area contributed by atoms with Crippen LogP contribution in [-0.4, -0.2) is 107 Å². The van der Waals surface area contributed by atoms with E-state index in [1.54, 1.807) is 48.3 Å². The number of nitrogens with one attached hydrogen (secondary N) is 2. The number of halogens is 1. The zero-order valence-electron chi connectivity index (χ0n) is 28.4. The molecule has 1 aromatic carbocycles. The number of piperidine rings is 2. The predicted octanol–water partition coefficient (Wildman–Crippen LogP) is 3.44. The summed E-state index contributed by atoms with van der Waals surface area (Å²) >= 11 is 3.36. The van der Waals surface area contributed by atoms with Gasteiger partial charge in [0, 0.05) is 51.7 Å². The Hall–Kier alpha value is -4.17. The lowest BCUT2D eigenvalue weighted by molar-refractivity contribution is -0.137. The normalized spacial score (nSPS) is 16.8. The molecule has 13 nitrogen and oxygen atoms in total. The summed E-state index contributed by atoms with van der Waals surface area (Å²) in [4.78, 5) is 62.4. The molecule has 2 saturated heterocycles. The molecule has 2 fully saturated rings. The lowest BCUT2D eigenvalue weighted by Gasteiger charge is -2.37. The number of benzene rings is 1. The maximum Gasteiger partial charge on any atom is 0.318 e. The van der Waals surface area contributed by atoms with Crippen LogP contribution in [0.15, 0.2) is 47.7 Å². The number of urea groups is 2. The van der Waals surface area contributed by atoms with Crippen molar-refractivity contribution < 1.29 is 24.3 Å². The first-order valence-electron chi connectivity index (χ1n) is 16.9. The molecule has 6 amide bonds. The molecule has 1 aromatic heterocycles. The second-order valence-electron chi connectivity index (χ2n) is 12.9. The number of rotatable bonds is 12. The number of nitrogens with zero attached hydrogens (tertiary/aromatic N) is 4. The van der Waals surface area contributed by atoms with Crippen molar-refractivity contribution in [3.63, 3.8) is 0 Å². The number of aromatic hydroxyl groups is 1. The van der Waals surface area contributed by atoms with Gasteiger partial charge in [0.05, 0.1) is 4.47 Å². The van der Waals surface area contributed by atoms with Gasteiger partial charge in [-0.1, -0.05) is 6.58 Å². The van der Waals surface area contributed by atoms with E-state index in [1.807, 2.05) is 12.1 Å². The van der Waals surface area contributed by atoms with Gasteiger partial charge >= 0.3 is 12.1 Å². The largest absolute Gasteiger partial charge is 0.506 e. The number of phenols is 1. The highest BCUT2D eigenvalue weighted by Gasteiger charge is 2.35. The molecule has 4 rings (SSSR count). The van der Waals surface area contributed by atoms with Crippen LogP contribution in [-0.2, 0) is 9.59 Å². The van der Waals surface area contributed by atoms with E-state index in [0.717, 1.165) is 12.8 Å². The molecule has 2 aromatic rings. The zero-order valence-corrected chi connectivity index (χ0v) is 30.0. The van der Waals surface area contributed by atoms with Crippen LogP contribution in [0.25, 0.3) is 5.57 Å². The van der Waals surface area contributed by atoms with Crippen molar-refractivity contribution in [2.45, 2.75) is 75.9 Å². The molecule has 0 radical (unpaired) electrons. The van der Waals surface area contributed by atoms with Gasteiger partial charge in [0.25, 0.3) is 0 Å². The molecule has 7 N–H and O–H groups in total. The number of pyridine rings is 1. The molecule has 14 heteroatoms. The number of carbonyl (C=O) groups excluding carboxylic acids is 4. The molecule has 0 aliphatic carbocycles. The van der Waals surface area contributed by atoms with Crippen molar-refractivity contribution in [2.24, 2.45) is 11.5 Å². The molecule has 0 bridgehead atoms. The SMILES string of the molecule is C=C(c1cc(C)c(O)c(Br)c1)[C@@H](NC(=O)N1CCC(N(C)C(N)=O)CC1)C(=O)NC(CCCCN)C(=O)N1CCC(c2ccncc2)CC1. The third kappa shape index (κ3) is 9.72. The first kappa shape index (κ1) is 37.6. The van der Waals surface area contributed by atoms with E-state index in [1.165, 1.54) is 10.5 Å². The summed E-state index contributed by atoms with van der Waals surface area (Å²) in [5.41, 5.74) is 13.8. The fraction of sp³-hybridized carbons (Fsp3) is 0.514. The molecular weight excluding hydrogens is 692 g/mol. The Morgan fingerprint density at radius 1 is 1.04 bits per heavy atom. The van der Waals surface area contributed by atoms with Gasteiger partial charge in [-0.3, -0.25) is 14.6 Å². The maximum atomic E-state index is 14.2. The highest BCUT2D eigenvalue weighted by molar-refractivity contribution is 9.10. The number of phenolic OH excluding ortho intramolecular Hbond substituents is 1. The minimum atomic E-state index is -1.23. The quantitative estimate of drug-likeness (QED) is 0.206. The van der Waals surface area contributed by atoms with Gasteiger partial charge in [0.1, 0.15) is 17.8 Å². The van der Waals surface area contributed by atoms with E-state index >= 15 is 0 Å². The minimum absolute atomic E-state index is 0.0589. The summed E-state index contributed by atoms with van der Waals surface area (Å²) in [5.74, 6) is -0.349. The number of likely N-dealkylation sites (tertiary alicyclic amines) is 2. The van der Waals surface area contributed by atoms with Crippen molar-refractivity contribution in [3.8, 4) is 5.75 Å². The number of aromatic nitrogens is 1. The Labute approximate surface area is 296 Å². The van der Waals surface area contributed by atoms with Crippen LogP contribution in [0.5, 0.6) is 5.75 Å². The molecule has 0 spiro atoms. The van der Waals surface area contributed by atoms with Crippen LogP contribution >= 0.6 is 15.9 Å². The number of nitrogens with two attached hydrogens (primary N) is 2. The predicted molar refractivity (Wildman–Crippen MR) is 191 cm³/mol. The van der Waals surface area contributed by atoms with Gasteiger partial charge in [0.15, 0.2) is 0 Å². The Morgan fingerprint density at radius 3 is 2.27 bits per heavy atom. The maximum absolute atomic E-state index is 14.2. The molecule has 0 saturated carbocycles. The highest BCUT2D eigenvalue weighted by Crippen LogP contribution is 2.32. The topological polar surface area (TPSA) is 187 Å². The van der Waals surface area contributed by atoms with Gasteiger partial charge in [-0.2, -0.15) is 0 Å². The van der Waals surface area contributed by atoms with Crippen molar-refractivity contribution in [2.75, 3.05) is 39.8 Å². The van der Waals surface area contributed by atoms with Crippen LogP contribution in [0.4, 0.5) is 9.59 Å². The minimum Gasteiger partial charge on any atom is -0.506 e. The summed E-state index contributed by atoms with van der Waals surface area (Å²) in [7, 11) is 1.64. The lowest BCUT2D eigenvalue weighted by Crippen LogP contribution is -2.58. The van der Waals surface area contributed by atoms with Crippen molar-refractivity contribution in [3.05, 3.63) is 64.4 Å². The average molecular weight is 742 g/mol. The number of aryl methyl sites for hydroxylation is 1. The monoisotopic (exact) mass is 740 g/mol. The summed E-state index contributed by atoms with van der Waals surface area (Å²) in [6.45, 7) is 8.21. The molecule has 49 heavy (non-hydrogen) atoms. The van der Waals surface area contributed by atoms with Gasteiger partial charge in [-0.05, 0) is 127 Å². The lowest BCUT2D eigenvalue weighted by atomic mass is 9.89. The van der Waals surface area contributed by atoms with Gasteiger partial charge in [-0.15, -0.1) is 0 Å². The fourth-order valence-electron chi connectivity index (χ4n) is 6.54. The van der Waals surface area contributed by atoms with Gasteiger partial charge in [-0.25, -0.2) is 9.59 Å². The Morgan fingerprint density at radius 2 is 1.67 bits per heavy atom. The van der Waals surface area contributed by atoms with E-state index in [0.29, 0.717) is 91.9 Å². The van der Waals surface area contributed by atoms with Crippen LogP contribution in [0.3, 0.4) is 0 Å². The van der Waals surface area contributed by atoms with Gasteiger partial charge < -0.3 is 41.9 Å². The van der Waals surface area contributed by atoms with Crippen LogP contribution in [0, 0.1) is 6.92 Å². The smallest absolute Gasteiger partial charge is 0.318 e. The summed E-state index contributed by atoms with van der Waals surface area (Å²) in [6, 6.07) is 4.21. The number of carbonyl (C=O) groups is 4. The molecule has 2 atom stereocenters. The molecular formula is C35H49BrN8O5. The first-order chi connectivity index (χ1) is 23.4. The second-order valence-corrected chi connectivity index (χ2v) is 13.8. The number of hydrogen-bond donors (Lipinski definition) is 5. The summed E-state index contributed by atoms with van der Waals surface area (Å²) < 4.78 is 0.416. The number of amides is 6. The van der Waals surface area contributed by atoms with Crippen LogP contribution < -0.4 is 22.1 Å². The molecule has 266 valence electrons. The number of hydrogen-bond acceptors (Lipinski definition) is 7. The Bertz CT molecular complexity index is 1470. The second kappa shape index (κ2) is 17.5. The highest BCUT2D eigenvalue weighted by atomic mass is 79.9. The Balaban J connectivity index is 1.52. The summed E-state index contributed by atoms with van der Waals surface area (Å²) in [6.07, 6.45) is 7.95. The van der Waals surface area contributed by atoms with Gasteiger partial charge in [0.2, 0.25) is 11.8 Å². The summed E-state index contributed by atoms with van der Waals surface area (Å²) in [5, 5.41) is 16.2. The third-order valence-electron chi connectivity index (χ3n) is 9.70. The standard InChI is InChI=1S/C35H49BrN8O5/c1-22-20-26(21-28(36)31(22)45)23(2)30(41-35(49)44-18-11-27(12-19-44)42(3)34(38)48)32(46)40-29(6-4-5-13-37)33(47)43-16-9-25(10-17-43)24-7-14-39-15-8-24/h7-8,14-15,20-21,25,27,29-30,45H,2,4-6,9-13,16-19,37H2,1,3H3,(H2,38,48)(H,40,46)(H,41,49)/t29?,30-/m1/s1. The zero-order chi connectivity index (χ0) is 35.7. The number of unbranched alkanes of at least 4 members (excludes halogenated alkanes) is 1. The van der Waals surface area contributed by atoms with Crippen molar-refractivity contribution in [1.82, 2.24) is 30.3 Å².